The van der Waals surface area contributed by atoms with E-state index in [-0.39, 0.29) is 6.03 Å². The van der Waals surface area contributed by atoms with Crippen molar-refractivity contribution >= 4 is 16.9 Å². The molecule has 0 saturated heterocycles. The zero-order chi connectivity index (χ0) is 12.1. The maximum atomic E-state index is 10.9. The fourth-order valence-electron chi connectivity index (χ4n) is 1.73. The molecule has 1 heterocycles. The molecule has 1 aromatic heterocycles. The molecule has 0 spiro atoms. The number of hydrogen-bond acceptors (Lipinski definition) is 3. The van der Waals surface area contributed by atoms with Crippen molar-refractivity contribution in [1.29, 1.82) is 0 Å². The number of carbonyl (C=O) groups excluding carboxylic acids is 1. The number of nitrogens with two attached hydrogens (primary N) is 1. The molecular weight excluding hydrogens is 216 g/mol. The van der Waals surface area contributed by atoms with Gasteiger partial charge in [0, 0.05) is 18.1 Å². The number of rotatable bonds is 3. The maximum absolute atomic E-state index is 10.9. The van der Waals surface area contributed by atoms with Crippen molar-refractivity contribution in [2.45, 2.75) is 6.42 Å². The Morgan fingerprint density at radius 1 is 1.29 bits per heavy atom. The number of pyridine rings is 1. The Kier molecular flexibility index (Phi) is 3.52. The first-order valence-corrected chi connectivity index (χ1v) is 5.38. The molecule has 1 aromatic carbocycles. The van der Waals surface area contributed by atoms with Gasteiger partial charge in [0.25, 0.3) is 0 Å². The van der Waals surface area contributed by atoms with Crippen LogP contribution in [0, 0.1) is 0 Å². The van der Waals surface area contributed by atoms with Gasteiger partial charge < -0.3 is 5.32 Å². The Morgan fingerprint density at radius 3 is 2.94 bits per heavy atom. The third-order valence-electron chi connectivity index (χ3n) is 2.53. The van der Waals surface area contributed by atoms with Crippen LogP contribution in [-0.4, -0.2) is 17.6 Å². The smallest absolute Gasteiger partial charge is 0.328 e. The third-order valence-corrected chi connectivity index (χ3v) is 2.53. The minimum Gasteiger partial charge on any atom is -0.337 e. The summed E-state index contributed by atoms with van der Waals surface area (Å²) < 4.78 is 0. The zero-order valence-electron chi connectivity index (χ0n) is 9.31. The van der Waals surface area contributed by atoms with Crippen LogP contribution in [0.4, 0.5) is 4.79 Å². The molecule has 2 aromatic rings. The Morgan fingerprint density at radius 2 is 2.12 bits per heavy atom. The van der Waals surface area contributed by atoms with Crippen molar-refractivity contribution in [2.24, 2.45) is 5.84 Å². The van der Waals surface area contributed by atoms with Crippen LogP contribution in [0.1, 0.15) is 5.56 Å². The van der Waals surface area contributed by atoms with Crippen LogP contribution in [-0.2, 0) is 6.42 Å². The standard InChI is InChI=1S/C12H14N4O/c13-16-12(17)15-8-6-10-4-1-3-9-5-2-7-14-11(9)10/h1-5,7H,6,8,13H2,(H2,15,16,17). The normalized spacial score (nSPS) is 10.2. The van der Waals surface area contributed by atoms with Gasteiger partial charge in [-0.05, 0) is 18.1 Å². The summed E-state index contributed by atoms with van der Waals surface area (Å²) in [6, 6.07) is 9.57. The summed E-state index contributed by atoms with van der Waals surface area (Å²) in [7, 11) is 0. The molecule has 0 aliphatic rings. The molecule has 2 amide bonds. The first kappa shape index (κ1) is 11.3. The highest BCUT2D eigenvalue weighted by Crippen LogP contribution is 2.15. The van der Waals surface area contributed by atoms with Gasteiger partial charge in [-0.2, -0.15) is 0 Å². The van der Waals surface area contributed by atoms with E-state index in [1.807, 2.05) is 35.8 Å². The molecular formula is C12H14N4O. The summed E-state index contributed by atoms with van der Waals surface area (Å²) in [5.74, 6) is 4.97. The average molecular weight is 230 g/mol. The number of amides is 2. The number of urea groups is 1. The van der Waals surface area contributed by atoms with Crippen LogP contribution >= 0.6 is 0 Å². The predicted octanol–water partition coefficient (Wildman–Crippen LogP) is 0.950. The molecule has 0 fully saturated rings. The minimum absolute atomic E-state index is 0.377. The number of fused-ring (bicyclic) bond motifs is 1. The number of benzene rings is 1. The number of hydrazine groups is 1. The molecule has 17 heavy (non-hydrogen) atoms. The lowest BCUT2D eigenvalue weighted by atomic mass is 10.1. The summed E-state index contributed by atoms with van der Waals surface area (Å²) in [6.07, 6.45) is 2.49. The number of nitrogens with zero attached hydrogens (tertiary/aromatic N) is 1. The summed E-state index contributed by atoms with van der Waals surface area (Å²) in [5, 5.41) is 3.75. The lowest BCUT2D eigenvalue weighted by Gasteiger charge is -2.06. The quantitative estimate of drug-likeness (QED) is 0.417. The number of aromatic nitrogens is 1. The van der Waals surface area contributed by atoms with E-state index in [1.165, 1.54) is 0 Å². The van der Waals surface area contributed by atoms with E-state index in [9.17, 15) is 4.79 Å². The van der Waals surface area contributed by atoms with Gasteiger partial charge >= 0.3 is 6.03 Å². The molecule has 0 bridgehead atoms. The van der Waals surface area contributed by atoms with Gasteiger partial charge in [0.15, 0.2) is 0 Å². The second kappa shape index (κ2) is 5.27. The van der Waals surface area contributed by atoms with Crippen molar-refractivity contribution in [3.05, 3.63) is 42.1 Å². The lowest BCUT2D eigenvalue weighted by Crippen LogP contribution is -2.40. The highest BCUT2D eigenvalue weighted by Gasteiger charge is 2.02. The lowest BCUT2D eigenvalue weighted by molar-refractivity contribution is 0.241. The van der Waals surface area contributed by atoms with E-state index in [4.69, 9.17) is 5.84 Å². The van der Waals surface area contributed by atoms with Gasteiger partial charge in [-0.15, -0.1) is 0 Å². The molecule has 0 aliphatic heterocycles. The Balaban J connectivity index is 2.11. The molecule has 0 unspecified atom stereocenters. The number of para-hydroxylation sites is 1. The van der Waals surface area contributed by atoms with E-state index < -0.39 is 0 Å². The Bertz CT molecular complexity index is 521. The van der Waals surface area contributed by atoms with E-state index in [1.54, 1.807) is 6.20 Å². The van der Waals surface area contributed by atoms with Gasteiger partial charge in [-0.25, -0.2) is 10.6 Å². The monoisotopic (exact) mass is 230 g/mol. The number of hydrogen-bond donors (Lipinski definition) is 3. The fourth-order valence-corrected chi connectivity index (χ4v) is 1.73. The van der Waals surface area contributed by atoms with E-state index in [0.717, 1.165) is 22.9 Å². The van der Waals surface area contributed by atoms with Crippen molar-refractivity contribution in [2.75, 3.05) is 6.54 Å². The Hall–Kier alpha value is -2.14. The fraction of sp³-hybridized carbons (Fsp3) is 0.167. The minimum atomic E-state index is -0.377. The average Bonchev–Trinajstić information content (AvgIpc) is 2.39. The molecule has 0 aliphatic carbocycles. The molecule has 5 nitrogen and oxygen atoms in total. The van der Waals surface area contributed by atoms with E-state index >= 15 is 0 Å². The van der Waals surface area contributed by atoms with Crippen molar-refractivity contribution in [3.8, 4) is 0 Å². The second-order valence-electron chi connectivity index (χ2n) is 3.64. The van der Waals surface area contributed by atoms with Gasteiger partial charge in [0.2, 0.25) is 0 Å². The predicted molar refractivity (Wildman–Crippen MR) is 66.2 cm³/mol. The van der Waals surface area contributed by atoms with E-state index in [2.05, 4.69) is 10.3 Å². The van der Waals surface area contributed by atoms with E-state index in [0.29, 0.717) is 6.54 Å². The van der Waals surface area contributed by atoms with Gasteiger partial charge in [-0.1, -0.05) is 24.3 Å². The van der Waals surface area contributed by atoms with Gasteiger partial charge in [0.05, 0.1) is 5.52 Å². The molecule has 0 saturated carbocycles. The first-order valence-electron chi connectivity index (χ1n) is 5.38. The zero-order valence-corrected chi connectivity index (χ0v) is 9.31. The summed E-state index contributed by atoms with van der Waals surface area (Å²) >= 11 is 0. The van der Waals surface area contributed by atoms with Crippen molar-refractivity contribution in [1.82, 2.24) is 15.7 Å². The number of carbonyl (C=O) groups is 1. The van der Waals surface area contributed by atoms with Crippen LogP contribution in [0.5, 0.6) is 0 Å². The molecule has 4 N–H and O–H groups in total. The molecule has 5 heteroatoms. The SMILES string of the molecule is NNC(=O)NCCc1cccc2cccnc12. The van der Waals surface area contributed by atoms with Gasteiger partial charge in [0.1, 0.15) is 0 Å². The largest absolute Gasteiger partial charge is 0.337 e. The topological polar surface area (TPSA) is 80.0 Å². The van der Waals surface area contributed by atoms with Crippen LogP contribution in [0.15, 0.2) is 36.5 Å². The van der Waals surface area contributed by atoms with Gasteiger partial charge in [-0.3, -0.25) is 10.4 Å². The van der Waals surface area contributed by atoms with Crippen LogP contribution < -0.4 is 16.6 Å². The molecule has 88 valence electrons. The van der Waals surface area contributed by atoms with Crippen LogP contribution in [0.25, 0.3) is 10.9 Å². The summed E-state index contributed by atoms with van der Waals surface area (Å²) in [5.41, 5.74) is 4.11. The highest BCUT2D eigenvalue weighted by molar-refractivity contribution is 5.81. The first-order chi connectivity index (χ1) is 8.31. The highest BCUT2D eigenvalue weighted by atomic mass is 16.2. The van der Waals surface area contributed by atoms with Crippen molar-refractivity contribution in [3.63, 3.8) is 0 Å². The molecule has 2 rings (SSSR count). The number of nitrogens with one attached hydrogen (secondary N) is 2. The summed E-state index contributed by atoms with van der Waals surface area (Å²) in [6.45, 7) is 0.527. The second-order valence-corrected chi connectivity index (χ2v) is 3.64. The van der Waals surface area contributed by atoms with Crippen LogP contribution in [0.2, 0.25) is 0 Å². The summed E-state index contributed by atoms with van der Waals surface area (Å²) in [4.78, 5) is 15.2. The molecule has 0 radical (unpaired) electrons. The van der Waals surface area contributed by atoms with Crippen molar-refractivity contribution < 1.29 is 4.79 Å². The maximum Gasteiger partial charge on any atom is 0.328 e. The van der Waals surface area contributed by atoms with Crippen LogP contribution in [0.3, 0.4) is 0 Å². The third kappa shape index (κ3) is 2.70. The Labute approximate surface area is 99.0 Å². The molecule has 0 atom stereocenters.